The molecule has 2 aromatic carbocycles. The fraction of sp³-hybridized carbons (Fsp3) is 0.160. The molecule has 0 radical (unpaired) electrons. The zero-order valence-electron chi connectivity index (χ0n) is 18.7. The van der Waals surface area contributed by atoms with Crippen LogP contribution in [0.5, 0.6) is 5.75 Å². The van der Waals surface area contributed by atoms with Crippen LogP contribution in [0.25, 0.3) is 22.5 Å². The highest BCUT2D eigenvalue weighted by atomic mass is 35.5. The van der Waals surface area contributed by atoms with Crippen LogP contribution in [0.15, 0.2) is 73.3 Å². The number of hydrogen-bond donors (Lipinski definition) is 1. The van der Waals surface area contributed by atoms with Crippen molar-refractivity contribution < 1.29 is 9.53 Å². The lowest BCUT2D eigenvalue weighted by atomic mass is 9.98. The van der Waals surface area contributed by atoms with E-state index in [-0.39, 0.29) is 11.8 Å². The SMILES string of the molecule is COc1ccccc1-c1cnc([C@@H]2CC(=O)C3C=C(c4cc(Cl)ccc4-n4cnnn4)C=CN32)[nH]1. The second-order valence-electron chi connectivity index (χ2n) is 8.31. The van der Waals surface area contributed by atoms with Gasteiger partial charge in [-0.05, 0) is 58.5 Å². The molecule has 1 fully saturated rings. The van der Waals surface area contributed by atoms with Gasteiger partial charge in [-0.15, -0.1) is 5.10 Å². The molecule has 0 amide bonds. The number of aromatic nitrogens is 6. The molecule has 1 unspecified atom stereocenters. The highest BCUT2D eigenvalue weighted by Crippen LogP contribution is 2.40. The van der Waals surface area contributed by atoms with Gasteiger partial charge in [0, 0.05) is 28.8 Å². The van der Waals surface area contributed by atoms with Crippen molar-refractivity contribution in [2.24, 2.45) is 0 Å². The van der Waals surface area contributed by atoms with Gasteiger partial charge in [-0.3, -0.25) is 4.79 Å². The molecule has 4 heterocycles. The lowest BCUT2D eigenvalue weighted by Crippen LogP contribution is -2.30. The number of H-pyrrole nitrogens is 1. The smallest absolute Gasteiger partial charge is 0.161 e. The number of fused-ring (bicyclic) bond motifs is 1. The molecule has 2 aliphatic rings. The average Bonchev–Trinajstić information content (AvgIpc) is 3.65. The van der Waals surface area contributed by atoms with Crippen molar-refractivity contribution in [3.05, 3.63) is 89.8 Å². The summed E-state index contributed by atoms with van der Waals surface area (Å²) in [5.74, 6) is 1.62. The van der Waals surface area contributed by atoms with Crippen molar-refractivity contribution in [1.82, 2.24) is 35.1 Å². The number of carbonyl (C=O) groups excluding carboxylic acids is 1. The quantitative estimate of drug-likeness (QED) is 0.455. The molecule has 0 bridgehead atoms. The number of rotatable bonds is 5. The van der Waals surface area contributed by atoms with Crippen LogP contribution in [0.3, 0.4) is 0 Å². The summed E-state index contributed by atoms with van der Waals surface area (Å²) >= 11 is 6.30. The summed E-state index contributed by atoms with van der Waals surface area (Å²) in [5.41, 5.74) is 4.26. The lowest BCUT2D eigenvalue weighted by molar-refractivity contribution is -0.118. The van der Waals surface area contributed by atoms with E-state index in [1.807, 2.05) is 59.7 Å². The third kappa shape index (κ3) is 3.70. The van der Waals surface area contributed by atoms with Crippen molar-refractivity contribution in [3.8, 4) is 22.7 Å². The fourth-order valence-electron chi connectivity index (χ4n) is 4.68. The molecule has 2 aromatic heterocycles. The van der Waals surface area contributed by atoms with Crippen LogP contribution in [-0.2, 0) is 4.79 Å². The Balaban J connectivity index is 1.32. The number of para-hydroxylation sites is 1. The predicted molar refractivity (Wildman–Crippen MR) is 130 cm³/mol. The summed E-state index contributed by atoms with van der Waals surface area (Å²) in [5, 5.41) is 12.1. The predicted octanol–water partition coefficient (Wildman–Crippen LogP) is 4.01. The minimum Gasteiger partial charge on any atom is -0.496 e. The summed E-state index contributed by atoms with van der Waals surface area (Å²) in [7, 11) is 1.64. The standard InChI is InChI=1S/C25H20ClN7O2/c1-35-24-5-3-2-4-17(24)19-13-27-25(29-19)22-12-23(34)21-10-15(8-9-32(21)22)18-11-16(26)6-7-20(18)33-14-28-30-31-33/h2-11,13-14,21-22H,12H2,1H3,(H,27,29)/t21?,22-/m0/s1. The summed E-state index contributed by atoms with van der Waals surface area (Å²) in [4.78, 5) is 23.1. The number of carbonyl (C=O) groups is 1. The zero-order chi connectivity index (χ0) is 23.9. The van der Waals surface area contributed by atoms with Crippen LogP contribution in [-0.4, -0.2) is 54.0 Å². The van der Waals surface area contributed by atoms with Crippen molar-refractivity contribution in [2.45, 2.75) is 18.5 Å². The summed E-state index contributed by atoms with van der Waals surface area (Å²) in [6, 6.07) is 12.7. The van der Waals surface area contributed by atoms with Crippen LogP contribution >= 0.6 is 11.6 Å². The first-order valence-electron chi connectivity index (χ1n) is 11.0. The molecule has 0 saturated carbocycles. The maximum atomic E-state index is 13.1. The van der Waals surface area contributed by atoms with Gasteiger partial charge in [0.1, 0.15) is 23.9 Å². The Morgan fingerprint density at radius 3 is 2.89 bits per heavy atom. The topological polar surface area (TPSA) is 102 Å². The number of ether oxygens (including phenoxy) is 1. The number of methoxy groups -OCH3 is 1. The van der Waals surface area contributed by atoms with E-state index in [2.05, 4.69) is 25.5 Å². The van der Waals surface area contributed by atoms with Gasteiger partial charge in [-0.25, -0.2) is 4.98 Å². The Kier molecular flexibility index (Phi) is 5.18. The Bertz CT molecular complexity index is 1470. The Hall–Kier alpha value is -4.24. The number of benzene rings is 2. The number of aromatic amines is 1. The van der Waals surface area contributed by atoms with Crippen LogP contribution in [0.4, 0.5) is 0 Å². The molecule has 1 saturated heterocycles. The molecule has 35 heavy (non-hydrogen) atoms. The molecule has 4 aromatic rings. The molecule has 0 spiro atoms. The van der Waals surface area contributed by atoms with E-state index in [1.54, 1.807) is 24.1 Å². The van der Waals surface area contributed by atoms with Gasteiger partial charge in [0.25, 0.3) is 0 Å². The number of allylic oxidation sites excluding steroid dienone is 2. The summed E-state index contributed by atoms with van der Waals surface area (Å²) in [6.45, 7) is 0. The van der Waals surface area contributed by atoms with Gasteiger partial charge in [0.2, 0.25) is 0 Å². The minimum atomic E-state index is -0.402. The Labute approximate surface area is 205 Å². The Morgan fingerprint density at radius 1 is 1.17 bits per heavy atom. The van der Waals surface area contributed by atoms with E-state index in [9.17, 15) is 4.79 Å². The summed E-state index contributed by atoms with van der Waals surface area (Å²) < 4.78 is 7.06. The van der Waals surface area contributed by atoms with E-state index in [1.165, 1.54) is 6.33 Å². The van der Waals surface area contributed by atoms with Crippen LogP contribution < -0.4 is 4.74 Å². The number of ketones is 1. The number of tetrazole rings is 1. The number of Topliss-reactive ketones (excluding diaryl/α,β-unsaturated/α-hetero) is 1. The highest BCUT2D eigenvalue weighted by molar-refractivity contribution is 6.30. The summed E-state index contributed by atoms with van der Waals surface area (Å²) in [6.07, 6.45) is 9.55. The highest BCUT2D eigenvalue weighted by Gasteiger charge is 2.41. The lowest BCUT2D eigenvalue weighted by Gasteiger charge is -2.28. The third-order valence-corrected chi connectivity index (χ3v) is 6.58. The van der Waals surface area contributed by atoms with Gasteiger partial charge in [-0.1, -0.05) is 23.7 Å². The van der Waals surface area contributed by atoms with Gasteiger partial charge in [0.15, 0.2) is 5.78 Å². The molecular formula is C25H20ClN7O2. The van der Waals surface area contributed by atoms with E-state index in [4.69, 9.17) is 16.3 Å². The van der Waals surface area contributed by atoms with Crippen molar-refractivity contribution in [2.75, 3.05) is 7.11 Å². The number of nitrogens with zero attached hydrogens (tertiary/aromatic N) is 6. The van der Waals surface area contributed by atoms with Gasteiger partial charge >= 0.3 is 0 Å². The first-order chi connectivity index (χ1) is 17.1. The van der Waals surface area contributed by atoms with E-state index < -0.39 is 6.04 Å². The molecule has 1 N–H and O–H groups in total. The maximum Gasteiger partial charge on any atom is 0.161 e. The second-order valence-corrected chi connectivity index (χ2v) is 8.75. The van der Waals surface area contributed by atoms with Crippen LogP contribution in [0.1, 0.15) is 23.9 Å². The van der Waals surface area contributed by atoms with Gasteiger partial charge < -0.3 is 14.6 Å². The van der Waals surface area contributed by atoms with E-state index in [0.29, 0.717) is 11.4 Å². The van der Waals surface area contributed by atoms with Crippen LogP contribution in [0, 0.1) is 0 Å². The van der Waals surface area contributed by atoms with Crippen molar-refractivity contribution in [1.29, 1.82) is 0 Å². The molecular weight excluding hydrogens is 466 g/mol. The maximum absolute atomic E-state index is 13.1. The Morgan fingerprint density at radius 2 is 2.06 bits per heavy atom. The monoisotopic (exact) mass is 485 g/mol. The van der Waals surface area contributed by atoms with Crippen molar-refractivity contribution >= 4 is 23.0 Å². The second kappa shape index (κ2) is 8.52. The average molecular weight is 486 g/mol. The number of nitrogens with one attached hydrogen (secondary N) is 1. The zero-order valence-corrected chi connectivity index (χ0v) is 19.4. The molecule has 0 aliphatic carbocycles. The van der Waals surface area contributed by atoms with Gasteiger partial charge in [-0.2, -0.15) is 4.68 Å². The molecule has 10 heteroatoms. The molecule has 9 nitrogen and oxygen atoms in total. The normalized spacial score (nSPS) is 19.1. The van der Waals surface area contributed by atoms with E-state index >= 15 is 0 Å². The third-order valence-electron chi connectivity index (χ3n) is 6.34. The number of imidazole rings is 1. The molecule has 6 rings (SSSR count). The van der Waals surface area contributed by atoms with Gasteiger partial charge in [0.05, 0.1) is 30.7 Å². The largest absolute Gasteiger partial charge is 0.496 e. The minimum absolute atomic E-state index is 0.123. The number of halogens is 1. The molecule has 174 valence electrons. The fourth-order valence-corrected chi connectivity index (χ4v) is 4.85. The molecule has 2 atom stereocenters. The van der Waals surface area contributed by atoms with Crippen LogP contribution in [0.2, 0.25) is 5.02 Å². The van der Waals surface area contributed by atoms with E-state index in [0.717, 1.165) is 39.7 Å². The molecule has 2 aliphatic heterocycles. The number of hydrogen-bond acceptors (Lipinski definition) is 7. The van der Waals surface area contributed by atoms with Crippen molar-refractivity contribution in [3.63, 3.8) is 0 Å². The first kappa shape index (κ1) is 21.3. The first-order valence-corrected chi connectivity index (χ1v) is 11.4.